The lowest BCUT2D eigenvalue weighted by molar-refractivity contribution is 0.464. The lowest BCUT2D eigenvalue weighted by Gasteiger charge is -2.05. The minimum absolute atomic E-state index is 0.314. The Hall–Kier alpha value is -1.94. The van der Waals surface area contributed by atoms with Gasteiger partial charge in [0.1, 0.15) is 5.75 Å². The molecule has 1 heterocycles. The summed E-state index contributed by atoms with van der Waals surface area (Å²) in [6.07, 6.45) is 1.65. The molecule has 0 aliphatic heterocycles. The molecule has 0 saturated heterocycles. The predicted molar refractivity (Wildman–Crippen MR) is 60.7 cm³/mol. The summed E-state index contributed by atoms with van der Waals surface area (Å²) in [4.78, 5) is 0. The summed E-state index contributed by atoms with van der Waals surface area (Å²) in [7, 11) is 0. The maximum absolute atomic E-state index is 9.54. The third kappa shape index (κ3) is 2.77. The number of hydrogen-bond acceptors (Lipinski definition) is 4. The van der Waals surface area contributed by atoms with Gasteiger partial charge in [0.2, 0.25) is 0 Å². The average Bonchev–Trinajstić information content (AvgIpc) is 2.33. The van der Waals surface area contributed by atoms with Gasteiger partial charge in [0.05, 0.1) is 5.69 Å². The van der Waals surface area contributed by atoms with Gasteiger partial charge in [0, 0.05) is 24.8 Å². The predicted octanol–water partition coefficient (Wildman–Crippen LogP) is 1.47. The first-order valence-corrected chi connectivity index (χ1v) is 5.10. The Labute approximate surface area is 94.0 Å². The Bertz CT molecular complexity index is 445. The molecule has 2 rings (SSSR count). The van der Waals surface area contributed by atoms with E-state index in [0.717, 1.165) is 11.3 Å². The van der Waals surface area contributed by atoms with Gasteiger partial charge in [0.25, 0.3) is 0 Å². The molecule has 1 aromatic heterocycles. The summed E-state index contributed by atoms with van der Waals surface area (Å²) in [6.45, 7) is 1.26. The molecule has 4 heteroatoms. The normalized spacial score (nSPS) is 10.2. The van der Waals surface area contributed by atoms with Crippen molar-refractivity contribution in [3.63, 3.8) is 0 Å². The smallest absolute Gasteiger partial charge is 0.120 e. The van der Waals surface area contributed by atoms with Gasteiger partial charge < -0.3 is 10.4 Å². The summed E-state index contributed by atoms with van der Waals surface area (Å²) in [5, 5.41) is 20.5. The second-order valence-electron chi connectivity index (χ2n) is 3.45. The first-order chi connectivity index (χ1) is 7.86. The van der Waals surface area contributed by atoms with Gasteiger partial charge in [0.15, 0.2) is 0 Å². The van der Waals surface area contributed by atoms with E-state index in [4.69, 9.17) is 0 Å². The summed E-state index contributed by atoms with van der Waals surface area (Å²) in [5.74, 6) is 0.314. The van der Waals surface area contributed by atoms with Crippen LogP contribution in [-0.2, 0) is 13.1 Å². The fraction of sp³-hybridized carbons (Fsp3) is 0.167. The minimum atomic E-state index is 0.314. The highest BCUT2D eigenvalue weighted by molar-refractivity contribution is 5.31. The van der Waals surface area contributed by atoms with E-state index in [-0.39, 0.29) is 0 Å². The van der Waals surface area contributed by atoms with Gasteiger partial charge in [-0.2, -0.15) is 10.2 Å². The van der Waals surface area contributed by atoms with E-state index in [1.165, 1.54) is 0 Å². The minimum Gasteiger partial charge on any atom is -0.508 e. The van der Waals surface area contributed by atoms with Gasteiger partial charge in [-0.05, 0) is 18.2 Å². The van der Waals surface area contributed by atoms with E-state index in [0.29, 0.717) is 18.8 Å². The molecule has 0 atom stereocenters. The molecule has 0 amide bonds. The molecule has 2 aromatic rings. The van der Waals surface area contributed by atoms with Crippen molar-refractivity contribution in [2.45, 2.75) is 13.1 Å². The van der Waals surface area contributed by atoms with Gasteiger partial charge in [-0.1, -0.05) is 18.2 Å². The van der Waals surface area contributed by atoms with Crippen molar-refractivity contribution in [2.75, 3.05) is 0 Å². The molecule has 0 aliphatic carbocycles. The van der Waals surface area contributed by atoms with Crippen molar-refractivity contribution in [3.05, 3.63) is 53.9 Å². The number of aromatic nitrogens is 2. The highest BCUT2D eigenvalue weighted by atomic mass is 16.3. The SMILES string of the molecule is Oc1ccccc1CNCc1cccnn1. The molecule has 16 heavy (non-hydrogen) atoms. The number of phenols is 1. The monoisotopic (exact) mass is 215 g/mol. The summed E-state index contributed by atoms with van der Waals surface area (Å²) in [6, 6.07) is 11.0. The fourth-order valence-electron chi connectivity index (χ4n) is 1.41. The summed E-state index contributed by atoms with van der Waals surface area (Å²) in [5.41, 5.74) is 1.77. The second kappa shape index (κ2) is 5.23. The largest absolute Gasteiger partial charge is 0.508 e. The van der Waals surface area contributed by atoms with Crippen molar-refractivity contribution < 1.29 is 5.11 Å². The van der Waals surface area contributed by atoms with E-state index in [1.807, 2.05) is 30.3 Å². The maximum atomic E-state index is 9.54. The molecule has 0 radical (unpaired) electrons. The summed E-state index contributed by atoms with van der Waals surface area (Å²) >= 11 is 0. The van der Waals surface area contributed by atoms with Crippen LogP contribution in [-0.4, -0.2) is 15.3 Å². The second-order valence-corrected chi connectivity index (χ2v) is 3.45. The number of nitrogens with zero attached hydrogens (tertiary/aromatic N) is 2. The van der Waals surface area contributed by atoms with E-state index >= 15 is 0 Å². The lowest BCUT2D eigenvalue weighted by Crippen LogP contribution is -2.13. The van der Waals surface area contributed by atoms with Gasteiger partial charge in [-0.25, -0.2) is 0 Å². The Morgan fingerprint density at radius 2 is 1.94 bits per heavy atom. The molecular weight excluding hydrogens is 202 g/mol. The Balaban J connectivity index is 1.87. The van der Waals surface area contributed by atoms with Crippen LogP contribution in [0.25, 0.3) is 0 Å². The Morgan fingerprint density at radius 3 is 2.69 bits per heavy atom. The van der Waals surface area contributed by atoms with Crippen molar-refractivity contribution in [3.8, 4) is 5.75 Å². The topological polar surface area (TPSA) is 58.0 Å². The van der Waals surface area contributed by atoms with Crippen LogP contribution >= 0.6 is 0 Å². The van der Waals surface area contributed by atoms with Crippen LogP contribution in [0, 0.1) is 0 Å². The van der Waals surface area contributed by atoms with Crippen LogP contribution in [0.2, 0.25) is 0 Å². The first-order valence-electron chi connectivity index (χ1n) is 5.10. The van der Waals surface area contributed by atoms with Crippen LogP contribution in [0.1, 0.15) is 11.3 Å². The molecule has 0 spiro atoms. The zero-order valence-corrected chi connectivity index (χ0v) is 8.80. The first kappa shape index (κ1) is 10.6. The number of phenolic OH excluding ortho intramolecular Hbond substituents is 1. The van der Waals surface area contributed by atoms with Crippen LogP contribution in [0.5, 0.6) is 5.75 Å². The van der Waals surface area contributed by atoms with Crippen LogP contribution in [0.4, 0.5) is 0 Å². The molecule has 0 unspecified atom stereocenters. The number of rotatable bonds is 4. The number of para-hydroxylation sites is 1. The molecule has 0 aliphatic rings. The standard InChI is InChI=1S/C12H13N3O/c16-12-6-2-1-4-10(12)8-13-9-11-5-3-7-14-15-11/h1-7,13,16H,8-9H2. The Morgan fingerprint density at radius 1 is 1.06 bits per heavy atom. The lowest BCUT2D eigenvalue weighted by atomic mass is 10.2. The number of hydrogen-bond donors (Lipinski definition) is 2. The van der Waals surface area contributed by atoms with Crippen LogP contribution in [0.3, 0.4) is 0 Å². The van der Waals surface area contributed by atoms with Gasteiger partial charge in [-0.15, -0.1) is 0 Å². The highest BCUT2D eigenvalue weighted by Crippen LogP contribution is 2.14. The molecular formula is C12H13N3O. The van der Waals surface area contributed by atoms with Crippen molar-refractivity contribution >= 4 is 0 Å². The quantitative estimate of drug-likeness (QED) is 0.811. The Kier molecular flexibility index (Phi) is 3.46. The van der Waals surface area contributed by atoms with Gasteiger partial charge >= 0.3 is 0 Å². The number of benzene rings is 1. The zero-order chi connectivity index (χ0) is 11.2. The molecule has 0 bridgehead atoms. The van der Waals surface area contributed by atoms with Crippen molar-refractivity contribution in [1.82, 2.24) is 15.5 Å². The van der Waals surface area contributed by atoms with Gasteiger partial charge in [-0.3, -0.25) is 0 Å². The maximum Gasteiger partial charge on any atom is 0.120 e. The van der Waals surface area contributed by atoms with Crippen LogP contribution in [0.15, 0.2) is 42.6 Å². The van der Waals surface area contributed by atoms with Crippen molar-refractivity contribution in [2.24, 2.45) is 0 Å². The number of nitrogens with one attached hydrogen (secondary N) is 1. The van der Waals surface area contributed by atoms with Crippen molar-refractivity contribution in [1.29, 1.82) is 0 Å². The molecule has 0 fully saturated rings. The molecule has 1 aromatic carbocycles. The van der Waals surface area contributed by atoms with E-state index in [9.17, 15) is 5.11 Å². The number of aromatic hydroxyl groups is 1. The summed E-state index contributed by atoms with van der Waals surface area (Å²) < 4.78 is 0. The van der Waals surface area contributed by atoms with E-state index in [2.05, 4.69) is 15.5 Å². The third-order valence-electron chi connectivity index (χ3n) is 2.24. The van der Waals surface area contributed by atoms with E-state index in [1.54, 1.807) is 12.3 Å². The van der Waals surface area contributed by atoms with Crippen LogP contribution < -0.4 is 5.32 Å². The third-order valence-corrected chi connectivity index (χ3v) is 2.24. The zero-order valence-electron chi connectivity index (χ0n) is 8.80. The fourth-order valence-corrected chi connectivity index (χ4v) is 1.41. The highest BCUT2D eigenvalue weighted by Gasteiger charge is 1.99. The molecule has 4 nitrogen and oxygen atoms in total. The molecule has 0 saturated carbocycles. The molecule has 82 valence electrons. The van der Waals surface area contributed by atoms with E-state index < -0.39 is 0 Å². The molecule has 2 N–H and O–H groups in total. The average molecular weight is 215 g/mol.